The quantitative estimate of drug-likeness (QED) is 0.794. The normalized spacial score (nSPS) is 17.8. The summed E-state index contributed by atoms with van der Waals surface area (Å²) >= 11 is 0. The summed E-state index contributed by atoms with van der Waals surface area (Å²) in [6.45, 7) is 9.29. The van der Waals surface area contributed by atoms with Crippen LogP contribution in [0.25, 0.3) is 0 Å². The highest BCUT2D eigenvalue weighted by atomic mass is 16.1. The summed E-state index contributed by atoms with van der Waals surface area (Å²) in [5.74, 6) is 0.363. The Morgan fingerprint density at radius 3 is 2.29 bits per heavy atom. The molecule has 2 rings (SSSR count). The van der Waals surface area contributed by atoms with E-state index in [1.165, 1.54) is 5.56 Å². The highest BCUT2D eigenvalue weighted by Gasteiger charge is 2.24. The fourth-order valence-corrected chi connectivity index (χ4v) is 3.43. The topological polar surface area (TPSA) is 35.6 Å². The minimum absolute atomic E-state index is 0.148. The Balaban J connectivity index is 1.98. The maximum absolute atomic E-state index is 12.4. The van der Waals surface area contributed by atoms with Crippen molar-refractivity contribution >= 4 is 5.91 Å². The number of hydrogen-bond donors (Lipinski definition) is 1. The van der Waals surface area contributed by atoms with E-state index < -0.39 is 0 Å². The van der Waals surface area contributed by atoms with E-state index in [0.717, 1.165) is 52.0 Å². The van der Waals surface area contributed by atoms with Gasteiger partial charge in [-0.15, -0.1) is 0 Å². The van der Waals surface area contributed by atoms with Crippen molar-refractivity contribution in [3.63, 3.8) is 0 Å². The zero-order valence-electron chi connectivity index (χ0n) is 15.5. The molecular formula is C20H33N3O. The second-order valence-corrected chi connectivity index (χ2v) is 6.94. The Labute approximate surface area is 147 Å². The average molecular weight is 332 g/mol. The third-order valence-corrected chi connectivity index (χ3v) is 5.24. The lowest BCUT2D eigenvalue weighted by molar-refractivity contribution is -0.125. The van der Waals surface area contributed by atoms with E-state index >= 15 is 0 Å². The van der Waals surface area contributed by atoms with Crippen LogP contribution in [-0.2, 0) is 11.2 Å². The van der Waals surface area contributed by atoms with Crippen LogP contribution in [0.1, 0.15) is 32.3 Å². The SMILES string of the molecule is CCC(CC)C(=O)NCC(Cc1ccccc1)N1CCN(C)CC1. The molecule has 1 unspecified atom stereocenters. The van der Waals surface area contributed by atoms with E-state index in [2.05, 4.69) is 66.3 Å². The van der Waals surface area contributed by atoms with Crippen LogP contribution in [0.3, 0.4) is 0 Å². The van der Waals surface area contributed by atoms with Gasteiger partial charge in [0.15, 0.2) is 0 Å². The lowest BCUT2D eigenvalue weighted by Gasteiger charge is -2.38. The van der Waals surface area contributed by atoms with E-state index in [9.17, 15) is 4.79 Å². The largest absolute Gasteiger partial charge is 0.354 e. The number of likely N-dealkylation sites (N-methyl/N-ethyl adjacent to an activating group) is 1. The van der Waals surface area contributed by atoms with Crippen LogP contribution in [0.2, 0.25) is 0 Å². The van der Waals surface area contributed by atoms with Gasteiger partial charge in [0.25, 0.3) is 0 Å². The number of rotatable bonds is 8. The monoisotopic (exact) mass is 331 g/mol. The molecule has 0 radical (unpaired) electrons. The molecule has 0 aromatic heterocycles. The number of carbonyl (C=O) groups excluding carboxylic acids is 1. The van der Waals surface area contributed by atoms with Crippen LogP contribution < -0.4 is 5.32 Å². The summed E-state index contributed by atoms with van der Waals surface area (Å²) in [5.41, 5.74) is 1.35. The van der Waals surface area contributed by atoms with Crippen molar-refractivity contribution in [2.45, 2.75) is 39.2 Å². The number of carbonyl (C=O) groups is 1. The molecule has 0 saturated carbocycles. The van der Waals surface area contributed by atoms with Crippen molar-refractivity contribution in [3.05, 3.63) is 35.9 Å². The second kappa shape index (κ2) is 9.80. The van der Waals surface area contributed by atoms with Crippen LogP contribution in [-0.4, -0.2) is 61.5 Å². The van der Waals surface area contributed by atoms with Crippen molar-refractivity contribution in [2.24, 2.45) is 5.92 Å². The molecule has 1 aliphatic rings. The second-order valence-electron chi connectivity index (χ2n) is 6.94. The molecule has 134 valence electrons. The van der Waals surface area contributed by atoms with Crippen molar-refractivity contribution in [1.82, 2.24) is 15.1 Å². The summed E-state index contributed by atoms with van der Waals surface area (Å²) in [6, 6.07) is 11.0. The third-order valence-electron chi connectivity index (χ3n) is 5.24. The van der Waals surface area contributed by atoms with Gasteiger partial charge in [-0.25, -0.2) is 0 Å². The van der Waals surface area contributed by atoms with Crippen molar-refractivity contribution < 1.29 is 4.79 Å². The number of hydrogen-bond acceptors (Lipinski definition) is 3. The smallest absolute Gasteiger partial charge is 0.223 e. The van der Waals surface area contributed by atoms with Crippen molar-refractivity contribution in [1.29, 1.82) is 0 Å². The number of nitrogens with zero attached hydrogens (tertiary/aromatic N) is 2. The highest BCUT2D eigenvalue weighted by molar-refractivity contribution is 5.78. The predicted octanol–water partition coefficient (Wildman–Crippen LogP) is 2.40. The molecule has 0 aliphatic carbocycles. The molecular weight excluding hydrogens is 298 g/mol. The maximum Gasteiger partial charge on any atom is 0.223 e. The summed E-state index contributed by atoms with van der Waals surface area (Å²) in [5, 5.41) is 3.22. The predicted molar refractivity (Wildman–Crippen MR) is 100 cm³/mol. The van der Waals surface area contributed by atoms with Gasteiger partial charge in [0.1, 0.15) is 0 Å². The Bertz CT molecular complexity index is 479. The number of benzene rings is 1. The van der Waals surface area contributed by atoms with Gasteiger partial charge in [-0.1, -0.05) is 44.2 Å². The molecule has 1 aromatic carbocycles. The van der Waals surface area contributed by atoms with Gasteiger partial charge in [-0.05, 0) is 31.9 Å². The van der Waals surface area contributed by atoms with E-state index in [1.807, 2.05) is 0 Å². The van der Waals surface area contributed by atoms with Gasteiger partial charge in [-0.2, -0.15) is 0 Å². The first kappa shape index (κ1) is 18.9. The standard InChI is InChI=1S/C20H33N3O/c1-4-18(5-2)20(24)21-16-19(15-17-9-7-6-8-10-17)23-13-11-22(3)12-14-23/h6-10,18-19H,4-5,11-16H2,1-3H3,(H,21,24). The van der Waals surface area contributed by atoms with E-state index in [4.69, 9.17) is 0 Å². The summed E-state index contributed by atoms with van der Waals surface area (Å²) in [6.07, 6.45) is 2.83. The molecule has 0 bridgehead atoms. The molecule has 4 nitrogen and oxygen atoms in total. The van der Waals surface area contributed by atoms with Crippen molar-refractivity contribution in [2.75, 3.05) is 39.8 Å². The Morgan fingerprint density at radius 1 is 1.08 bits per heavy atom. The number of amides is 1. The summed E-state index contributed by atoms with van der Waals surface area (Å²) in [4.78, 5) is 17.3. The summed E-state index contributed by atoms with van der Waals surface area (Å²) in [7, 11) is 2.18. The Kier molecular flexibility index (Phi) is 7.73. The number of nitrogens with one attached hydrogen (secondary N) is 1. The minimum atomic E-state index is 0.148. The van der Waals surface area contributed by atoms with Gasteiger partial charge in [0.2, 0.25) is 5.91 Å². The molecule has 1 aromatic rings. The fraction of sp³-hybridized carbons (Fsp3) is 0.650. The number of piperazine rings is 1. The van der Waals surface area contributed by atoms with E-state index in [1.54, 1.807) is 0 Å². The lowest BCUT2D eigenvalue weighted by atomic mass is 10.0. The van der Waals surface area contributed by atoms with Crippen LogP contribution in [0.4, 0.5) is 0 Å². The molecule has 0 spiro atoms. The Hall–Kier alpha value is -1.39. The highest BCUT2D eigenvalue weighted by Crippen LogP contribution is 2.13. The Morgan fingerprint density at radius 2 is 1.71 bits per heavy atom. The zero-order chi connectivity index (χ0) is 17.4. The lowest BCUT2D eigenvalue weighted by Crippen LogP contribution is -2.53. The van der Waals surface area contributed by atoms with Gasteiger partial charge in [0.05, 0.1) is 0 Å². The maximum atomic E-state index is 12.4. The summed E-state index contributed by atoms with van der Waals surface area (Å²) < 4.78 is 0. The molecule has 24 heavy (non-hydrogen) atoms. The minimum Gasteiger partial charge on any atom is -0.354 e. The molecule has 4 heteroatoms. The first-order valence-electron chi connectivity index (χ1n) is 9.38. The molecule has 1 heterocycles. The van der Waals surface area contributed by atoms with Gasteiger partial charge in [-0.3, -0.25) is 9.69 Å². The van der Waals surface area contributed by atoms with Crippen molar-refractivity contribution in [3.8, 4) is 0 Å². The molecule has 1 fully saturated rings. The van der Waals surface area contributed by atoms with Gasteiger partial charge in [0, 0.05) is 44.7 Å². The van der Waals surface area contributed by atoms with Crippen LogP contribution in [0, 0.1) is 5.92 Å². The van der Waals surface area contributed by atoms with Crippen LogP contribution in [0.15, 0.2) is 30.3 Å². The van der Waals surface area contributed by atoms with E-state index in [-0.39, 0.29) is 11.8 Å². The fourth-order valence-electron chi connectivity index (χ4n) is 3.43. The van der Waals surface area contributed by atoms with Crippen LogP contribution >= 0.6 is 0 Å². The van der Waals surface area contributed by atoms with E-state index in [0.29, 0.717) is 6.04 Å². The average Bonchev–Trinajstić information content (AvgIpc) is 2.61. The molecule has 1 amide bonds. The van der Waals surface area contributed by atoms with Gasteiger partial charge >= 0.3 is 0 Å². The zero-order valence-corrected chi connectivity index (χ0v) is 15.5. The molecule has 1 N–H and O–H groups in total. The van der Waals surface area contributed by atoms with Gasteiger partial charge < -0.3 is 10.2 Å². The first-order valence-corrected chi connectivity index (χ1v) is 9.38. The molecule has 1 saturated heterocycles. The molecule has 1 atom stereocenters. The first-order chi connectivity index (χ1) is 11.6. The third kappa shape index (κ3) is 5.60. The molecule has 1 aliphatic heterocycles. The van der Waals surface area contributed by atoms with Crippen LogP contribution in [0.5, 0.6) is 0 Å².